The topological polar surface area (TPSA) is 52.5 Å². The monoisotopic (exact) mass is 697 g/mol. The standard InChI is InChI=1S/C52H31N3/c53-32-34-18-29-50-48(30-34)42-12-8-9-17-49(42)55(50)41-28-27-40(33-54)47(31-41)37-23-19-35(20-24-37)36-21-25-39(26-22-36)52-45-15-6-4-13-43(45)51(38-10-2-1-3-11-38)44-14-5-7-16-46(44)52/h1-31H. The molecule has 9 aromatic carbocycles. The lowest BCUT2D eigenvalue weighted by atomic mass is 9.85. The van der Waals surface area contributed by atoms with Crippen molar-refractivity contribution < 1.29 is 0 Å². The van der Waals surface area contributed by atoms with Crippen molar-refractivity contribution in [3.63, 3.8) is 0 Å². The van der Waals surface area contributed by atoms with Gasteiger partial charge in [0.2, 0.25) is 0 Å². The van der Waals surface area contributed by atoms with Gasteiger partial charge in [-0.25, -0.2) is 0 Å². The molecule has 3 heteroatoms. The summed E-state index contributed by atoms with van der Waals surface area (Å²) in [7, 11) is 0. The van der Waals surface area contributed by atoms with Crippen LogP contribution in [0.1, 0.15) is 11.1 Å². The van der Waals surface area contributed by atoms with E-state index < -0.39 is 0 Å². The Hall–Kier alpha value is -7.72. The highest BCUT2D eigenvalue weighted by Gasteiger charge is 2.18. The Balaban J connectivity index is 1.03. The molecule has 0 saturated heterocycles. The summed E-state index contributed by atoms with van der Waals surface area (Å²) in [5, 5.41) is 26.8. The van der Waals surface area contributed by atoms with E-state index in [4.69, 9.17) is 0 Å². The average molecular weight is 698 g/mol. The van der Waals surface area contributed by atoms with Crippen LogP contribution in [0.4, 0.5) is 0 Å². The molecule has 10 aromatic rings. The van der Waals surface area contributed by atoms with E-state index in [0.29, 0.717) is 11.1 Å². The molecule has 55 heavy (non-hydrogen) atoms. The maximum absolute atomic E-state index is 10.2. The molecule has 0 amide bonds. The van der Waals surface area contributed by atoms with Gasteiger partial charge in [-0.05, 0) is 103 Å². The fourth-order valence-electron chi connectivity index (χ4n) is 8.36. The van der Waals surface area contributed by atoms with Crippen molar-refractivity contribution in [2.45, 2.75) is 0 Å². The number of hydrogen-bond acceptors (Lipinski definition) is 2. The molecule has 1 heterocycles. The smallest absolute Gasteiger partial charge is 0.0998 e. The summed E-state index contributed by atoms with van der Waals surface area (Å²) in [5.74, 6) is 0. The predicted molar refractivity (Wildman–Crippen MR) is 227 cm³/mol. The molecular formula is C52H31N3. The molecule has 0 unspecified atom stereocenters. The van der Waals surface area contributed by atoms with Crippen LogP contribution in [-0.2, 0) is 0 Å². The molecule has 0 aliphatic carbocycles. The Morgan fingerprint density at radius 1 is 0.345 bits per heavy atom. The summed E-state index contributed by atoms with van der Waals surface area (Å²) in [6, 6.07) is 70.4. The Morgan fingerprint density at radius 3 is 1.42 bits per heavy atom. The van der Waals surface area contributed by atoms with Gasteiger partial charge in [-0.2, -0.15) is 10.5 Å². The highest BCUT2D eigenvalue weighted by atomic mass is 15.0. The number of para-hydroxylation sites is 1. The van der Waals surface area contributed by atoms with Crippen molar-refractivity contribution in [1.29, 1.82) is 10.5 Å². The largest absolute Gasteiger partial charge is 0.309 e. The molecule has 0 saturated carbocycles. The molecule has 0 bridgehead atoms. The zero-order valence-corrected chi connectivity index (χ0v) is 29.7. The molecule has 0 aliphatic heterocycles. The van der Waals surface area contributed by atoms with Crippen LogP contribution >= 0.6 is 0 Å². The first-order valence-corrected chi connectivity index (χ1v) is 18.4. The third-order valence-electron chi connectivity index (χ3n) is 10.9. The fourth-order valence-corrected chi connectivity index (χ4v) is 8.36. The van der Waals surface area contributed by atoms with Gasteiger partial charge in [0.25, 0.3) is 0 Å². The van der Waals surface area contributed by atoms with Gasteiger partial charge in [-0.3, -0.25) is 0 Å². The van der Waals surface area contributed by atoms with E-state index in [9.17, 15) is 10.5 Å². The van der Waals surface area contributed by atoms with Gasteiger partial charge in [-0.1, -0.05) is 146 Å². The summed E-state index contributed by atoms with van der Waals surface area (Å²) >= 11 is 0. The van der Waals surface area contributed by atoms with E-state index >= 15 is 0 Å². The van der Waals surface area contributed by atoms with Crippen LogP contribution in [0, 0.1) is 22.7 Å². The number of benzene rings is 9. The number of rotatable bonds is 5. The highest BCUT2D eigenvalue weighted by molar-refractivity contribution is 6.21. The van der Waals surface area contributed by atoms with Crippen molar-refractivity contribution in [1.82, 2.24) is 4.57 Å². The van der Waals surface area contributed by atoms with Gasteiger partial charge in [0.15, 0.2) is 0 Å². The van der Waals surface area contributed by atoms with Crippen LogP contribution in [0.2, 0.25) is 0 Å². The van der Waals surface area contributed by atoms with Gasteiger partial charge in [0.05, 0.1) is 34.3 Å². The first-order chi connectivity index (χ1) is 27.2. The minimum absolute atomic E-state index is 0.617. The second-order valence-electron chi connectivity index (χ2n) is 13.9. The SMILES string of the molecule is N#Cc1ccc2c(c1)c1ccccc1n2-c1ccc(C#N)c(-c2ccc(-c3ccc(-c4c5ccccc5c(-c5ccccc5)c5ccccc45)cc3)cc2)c1. The molecule has 0 radical (unpaired) electrons. The summed E-state index contributed by atoms with van der Waals surface area (Å²) in [4.78, 5) is 0. The lowest BCUT2D eigenvalue weighted by molar-refractivity contribution is 1.18. The highest BCUT2D eigenvalue weighted by Crippen LogP contribution is 2.44. The average Bonchev–Trinajstić information content (AvgIpc) is 3.59. The van der Waals surface area contributed by atoms with Crippen LogP contribution < -0.4 is 0 Å². The lowest BCUT2D eigenvalue weighted by Gasteiger charge is -2.18. The molecule has 0 atom stereocenters. The van der Waals surface area contributed by atoms with Crippen molar-refractivity contribution in [3.05, 3.63) is 199 Å². The van der Waals surface area contributed by atoms with Crippen molar-refractivity contribution in [3.8, 4) is 62.3 Å². The number of fused-ring (bicyclic) bond motifs is 5. The Morgan fingerprint density at radius 2 is 0.836 bits per heavy atom. The second-order valence-corrected chi connectivity index (χ2v) is 13.9. The van der Waals surface area contributed by atoms with Crippen LogP contribution in [0.15, 0.2) is 188 Å². The van der Waals surface area contributed by atoms with Crippen LogP contribution in [0.25, 0.3) is 93.5 Å². The van der Waals surface area contributed by atoms with Crippen molar-refractivity contribution in [2.75, 3.05) is 0 Å². The Bertz CT molecular complexity index is 3140. The van der Waals surface area contributed by atoms with Gasteiger partial charge in [0, 0.05) is 22.0 Å². The molecule has 0 spiro atoms. The minimum Gasteiger partial charge on any atom is -0.309 e. The van der Waals surface area contributed by atoms with E-state index in [1.54, 1.807) is 0 Å². The number of aromatic nitrogens is 1. The first-order valence-electron chi connectivity index (χ1n) is 18.4. The quantitative estimate of drug-likeness (QED) is 0.168. The van der Waals surface area contributed by atoms with Crippen LogP contribution in [-0.4, -0.2) is 4.57 Å². The van der Waals surface area contributed by atoms with Crippen LogP contribution in [0.5, 0.6) is 0 Å². The minimum atomic E-state index is 0.617. The Labute approximate surface area is 318 Å². The molecule has 0 N–H and O–H groups in total. The van der Waals surface area contributed by atoms with E-state index in [1.807, 2.05) is 42.5 Å². The summed E-state index contributed by atoms with van der Waals surface area (Å²) in [6.45, 7) is 0. The summed E-state index contributed by atoms with van der Waals surface area (Å²) in [6.07, 6.45) is 0. The van der Waals surface area contributed by atoms with Crippen LogP contribution in [0.3, 0.4) is 0 Å². The molecule has 1 aromatic heterocycles. The molecule has 10 rings (SSSR count). The number of nitrogens with zero attached hydrogens (tertiary/aromatic N) is 3. The normalized spacial score (nSPS) is 11.2. The molecule has 3 nitrogen and oxygen atoms in total. The molecule has 0 aliphatic rings. The van der Waals surface area contributed by atoms with E-state index in [-0.39, 0.29) is 0 Å². The second kappa shape index (κ2) is 13.0. The van der Waals surface area contributed by atoms with Crippen molar-refractivity contribution in [2.24, 2.45) is 0 Å². The zero-order chi connectivity index (χ0) is 36.9. The maximum Gasteiger partial charge on any atom is 0.0998 e. The number of hydrogen-bond donors (Lipinski definition) is 0. The predicted octanol–water partition coefficient (Wildman–Crippen LogP) is 13.5. The Kier molecular flexibility index (Phi) is 7.58. The lowest BCUT2D eigenvalue weighted by Crippen LogP contribution is -1.96. The molecular weight excluding hydrogens is 667 g/mol. The van der Waals surface area contributed by atoms with Gasteiger partial charge < -0.3 is 4.57 Å². The third-order valence-corrected chi connectivity index (χ3v) is 10.9. The van der Waals surface area contributed by atoms with E-state index in [1.165, 1.54) is 43.8 Å². The fraction of sp³-hybridized carbons (Fsp3) is 0. The van der Waals surface area contributed by atoms with Crippen molar-refractivity contribution >= 4 is 43.4 Å². The zero-order valence-electron chi connectivity index (χ0n) is 29.7. The summed E-state index contributed by atoms with van der Waals surface area (Å²) in [5.41, 5.74) is 13.3. The summed E-state index contributed by atoms with van der Waals surface area (Å²) < 4.78 is 2.22. The van der Waals surface area contributed by atoms with Gasteiger partial charge >= 0.3 is 0 Å². The van der Waals surface area contributed by atoms with Gasteiger partial charge in [0.1, 0.15) is 0 Å². The van der Waals surface area contributed by atoms with Gasteiger partial charge in [-0.15, -0.1) is 0 Å². The maximum atomic E-state index is 10.2. The number of nitriles is 2. The molecule has 254 valence electrons. The first kappa shape index (κ1) is 32.0. The molecule has 0 fully saturated rings. The third kappa shape index (κ3) is 5.27. The van der Waals surface area contributed by atoms with E-state index in [2.05, 4.69) is 162 Å². The van der Waals surface area contributed by atoms with E-state index in [0.717, 1.165) is 49.7 Å².